The Morgan fingerprint density at radius 3 is 2.60 bits per heavy atom. The summed E-state index contributed by atoms with van der Waals surface area (Å²) in [5, 5.41) is 6.50. The highest BCUT2D eigenvalue weighted by Crippen LogP contribution is 2.28. The second-order valence-electron chi connectivity index (χ2n) is 6.04. The van der Waals surface area contributed by atoms with Crippen molar-refractivity contribution in [2.75, 3.05) is 25.1 Å². The number of hydrogen-bond acceptors (Lipinski definition) is 3. The minimum atomic E-state index is -2.83. The van der Waals surface area contributed by atoms with Gasteiger partial charge in [-0.2, -0.15) is 0 Å². The molecule has 1 aliphatic heterocycles. The Labute approximate surface area is 122 Å². The van der Waals surface area contributed by atoms with Crippen LogP contribution in [-0.4, -0.2) is 45.5 Å². The zero-order chi connectivity index (χ0) is 14.4. The molecule has 0 spiro atoms. The Morgan fingerprint density at radius 1 is 1.25 bits per heavy atom. The molecule has 1 atom stereocenters. The van der Waals surface area contributed by atoms with Crippen LogP contribution in [0.3, 0.4) is 0 Å². The van der Waals surface area contributed by atoms with Crippen LogP contribution in [0.4, 0.5) is 0 Å². The molecule has 1 saturated carbocycles. The third kappa shape index (κ3) is 4.96. The molecule has 1 aliphatic carbocycles. The summed E-state index contributed by atoms with van der Waals surface area (Å²) in [6, 6.07) is 0.0148. The van der Waals surface area contributed by atoms with E-state index < -0.39 is 9.84 Å². The number of hydrogen-bond donors (Lipinski definition) is 2. The predicted molar refractivity (Wildman–Crippen MR) is 82.7 cm³/mol. The van der Waals surface area contributed by atoms with Crippen molar-refractivity contribution in [1.29, 1.82) is 0 Å². The van der Waals surface area contributed by atoms with Gasteiger partial charge in [-0.3, -0.25) is 4.99 Å². The van der Waals surface area contributed by atoms with E-state index in [0.29, 0.717) is 12.2 Å². The van der Waals surface area contributed by atoms with Crippen LogP contribution in [0.15, 0.2) is 4.99 Å². The van der Waals surface area contributed by atoms with Crippen LogP contribution in [0.1, 0.15) is 44.9 Å². The molecule has 5 nitrogen and oxygen atoms in total. The van der Waals surface area contributed by atoms with E-state index >= 15 is 0 Å². The van der Waals surface area contributed by atoms with Gasteiger partial charge in [0.25, 0.3) is 0 Å². The van der Waals surface area contributed by atoms with E-state index in [1.807, 2.05) is 0 Å². The van der Waals surface area contributed by atoms with E-state index in [2.05, 4.69) is 15.6 Å². The molecule has 20 heavy (non-hydrogen) atoms. The molecule has 0 aromatic carbocycles. The number of guanidine groups is 1. The van der Waals surface area contributed by atoms with Gasteiger partial charge in [0.05, 0.1) is 11.5 Å². The van der Waals surface area contributed by atoms with E-state index in [-0.39, 0.29) is 11.8 Å². The summed E-state index contributed by atoms with van der Waals surface area (Å²) in [5.74, 6) is 2.18. The van der Waals surface area contributed by atoms with Gasteiger partial charge in [-0.25, -0.2) is 8.42 Å². The van der Waals surface area contributed by atoms with Crippen LogP contribution in [0, 0.1) is 5.92 Å². The SMILES string of the molecule is CN=C(NCCCC1CCCC1)NC1CCS(=O)(=O)C1. The van der Waals surface area contributed by atoms with E-state index in [0.717, 1.165) is 24.8 Å². The smallest absolute Gasteiger partial charge is 0.191 e. The average molecular weight is 301 g/mol. The molecule has 1 saturated heterocycles. The molecule has 116 valence electrons. The number of aliphatic imine (C=N–C) groups is 1. The normalized spacial score (nSPS) is 26.9. The summed E-state index contributed by atoms with van der Waals surface area (Å²) in [4.78, 5) is 4.17. The van der Waals surface area contributed by atoms with Crippen molar-refractivity contribution in [3.63, 3.8) is 0 Å². The van der Waals surface area contributed by atoms with Gasteiger partial charge >= 0.3 is 0 Å². The first kappa shape index (κ1) is 15.6. The molecule has 1 unspecified atom stereocenters. The molecule has 2 N–H and O–H groups in total. The molecule has 2 rings (SSSR count). The van der Waals surface area contributed by atoms with E-state index in [1.165, 1.54) is 32.1 Å². The van der Waals surface area contributed by atoms with Gasteiger partial charge in [-0.05, 0) is 25.2 Å². The highest BCUT2D eigenvalue weighted by atomic mass is 32.2. The minimum Gasteiger partial charge on any atom is -0.356 e. The van der Waals surface area contributed by atoms with Crippen LogP contribution in [0.2, 0.25) is 0 Å². The van der Waals surface area contributed by atoms with Crippen molar-refractivity contribution in [2.45, 2.75) is 51.0 Å². The second-order valence-corrected chi connectivity index (χ2v) is 8.26. The maximum atomic E-state index is 11.4. The fourth-order valence-electron chi connectivity index (χ4n) is 3.19. The average Bonchev–Trinajstić information content (AvgIpc) is 3.02. The second kappa shape index (κ2) is 7.29. The van der Waals surface area contributed by atoms with Crippen LogP contribution in [0.5, 0.6) is 0 Å². The number of nitrogens with one attached hydrogen (secondary N) is 2. The molecule has 1 heterocycles. The quantitative estimate of drug-likeness (QED) is 0.456. The summed E-state index contributed by atoms with van der Waals surface area (Å²) in [7, 11) is -1.10. The largest absolute Gasteiger partial charge is 0.356 e. The summed E-state index contributed by atoms with van der Waals surface area (Å²) < 4.78 is 22.8. The highest BCUT2D eigenvalue weighted by Gasteiger charge is 2.28. The van der Waals surface area contributed by atoms with Crippen LogP contribution in [0.25, 0.3) is 0 Å². The molecular weight excluding hydrogens is 274 g/mol. The molecule has 0 bridgehead atoms. The van der Waals surface area contributed by atoms with Crippen molar-refractivity contribution in [2.24, 2.45) is 10.9 Å². The zero-order valence-corrected chi connectivity index (χ0v) is 13.2. The highest BCUT2D eigenvalue weighted by molar-refractivity contribution is 7.91. The van der Waals surface area contributed by atoms with E-state index in [9.17, 15) is 8.42 Å². The van der Waals surface area contributed by atoms with Crippen LogP contribution in [-0.2, 0) is 9.84 Å². The van der Waals surface area contributed by atoms with Crippen molar-refractivity contribution >= 4 is 15.8 Å². The summed E-state index contributed by atoms with van der Waals surface area (Å²) in [6.45, 7) is 0.912. The number of nitrogens with zero attached hydrogens (tertiary/aromatic N) is 1. The van der Waals surface area contributed by atoms with Gasteiger partial charge < -0.3 is 10.6 Å². The van der Waals surface area contributed by atoms with Gasteiger partial charge in [0, 0.05) is 19.6 Å². The lowest BCUT2D eigenvalue weighted by molar-refractivity contribution is 0.481. The molecule has 0 aromatic heterocycles. The van der Waals surface area contributed by atoms with Gasteiger partial charge in [0.1, 0.15) is 0 Å². The topological polar surface area (TPSA) is 70.6 Å². The monoisotopic (exact) mass is 301 g/mol. The molecule has 6 heteroatoms. The molecule has 2 aliphatic rings. The first-order valence-electron chi connectivity index (χ1n) is 7.76. The predicted octanol–water partition coefficient (Wildman–Crippen LogP) is 1.31. The van der Waals surface area contributed by atoms with Gasteiger partial charge in [-0.1, -0.05) is 25.7 Å². The first-order valence-corrected chi connectivity index (χ1v) is 9.59. The Morgan fingerprint density at radius 2 is 2.00 bits per heavy atom. The Kier molecular flexibility index (Phi) is 5.69. The number of rotatable bonds is 5. The molecule has 0 aromatic rings. The summed E-state index contributed by atoms with van der Waals surface area (Å²) in [5.41, 5.74) is 0. The Bertz CT molecular complexity index is 428. The lowest BCUT2D eigenvalue weighted by Gasteiger charge is -2.16. The third-order valence-corrected chi connectivity index (χ3v) is 6.12. The lowest BCUT2D eigenvalue weighted by Crippen LogP contribution is -2.44. The Balaban J connectivity index is 1.62. The lowest BCUT2D eigenvalue weighted by atomic mass is 10.0. The zero-order valence-electron chi connectivity index (χ0n) is 12.4. The molecule has 0 radical (unpaired) electrons. The molecule has 2 fully saturated rings. The molecule has 0 amide bonds. The van der Waals surface area contributed by atoms with Gasteiger partial charge in [0.2, 0.25) is 0 Å². The van der Waals surface area contributed by atoms with Crippen molar-refractivity contribution in [1.82, 2.24) is 10.6 Å². The number of sulfone groups is 1. The molecular formula is C14H27N3O2S. The van der Waals surface area contributed by atoms with Crippen molar-refractivity contribution < 1.29 is 8.42 Å². The van der Waals surface area contributed by atoms with Crippen LogP contribution >= 0.6 is 0 Å². The van der Waals surface area contributed by atoms with E-state index in [1.54, 1.807) is 7.05 Å². The third-order valence-electron chi connectivity index (χ3n) is 4.35. The summed E-state index contributed by atoms with van der Waals surface area (Å²) >= 11 is 0. The first-order chi connectivity index (χ1) is 9.59. The van der Waals surface area contributed by atoms with E-state index in [4.69, 9.17) is 0 Å². The fourth-order valence-corrected chi connectivity index (χ4v) is 4.87. The van der Waals surface area contributed by atoms with Gasteiger partial charge in [0.15, 0.2) is 15.8 Å². The van der Waals surface area contributed by atoms with Crippen LogP contribution < -0.4 is 10.6 Å². The van der Waals surface area contributed by atoms with Crippen molar-refractivity contribution in [3.05, 3.63) is 0 Å². The van der Waals surface area contributed by atoms with Gasteiger partial charge in [-0.15, -0.1) is 0 Å². The maximum Gasteiger partial charge on any atom is 0.191 e. The maximum absolute atomic E-state index is 11.4. The summed E-state index contributed by atoms with van der Waals surface area (Å²) in [6.07, 6.45) is 8.73. The fraction of sp³-hybridized carbons (Fsp3) is 0.929. The standard InChI is InChI=1S/C14H27N3O2S/c1-15-14(17-13-8-10-20(18,19)11-13)16-9-4-7-12-5-2-3-6-12/h12-13H,2-11H2,1H3,(H2,15,16,17). The Hall–Kier alpha value is -0.780. The minimum absolute atomic E-state index is 0.0148. The van der Waals surface area contributed by atoms with Crippen molar-refractivity contribution in [3.8, 4) is 0 Å².